The van der Waals surface area contributed by atoms with Crippen LogP contribution in [-0.4, -0.2) is 58.2 Å². The Balaban J connectivity index is 1.58. The van der Waals surface area contributed by atoms with Gasteiger partial charge in [-0.25, -0.2) is 0 Å². The third kappa shape index (κ3) is 6.63. The summed E-state index contributed by atoms with van der Waals surface area (Å²) in [7, 11) is 1.71. The predicted octanol–water partition coefficient (Wildman–Crippen LogP) is 0.315. The molecule has 0 bridgehead atoms. The maximum atomic E-state index is 5.41. The molecule has 0 spiro atoms. The molecule has 2 rings (SSSR count). The number of quaternary nitrogens is 1. The maximum Gasteiger partial charge on any atom is 0.166 e. The van der Waals surface area contributed by atoms with Crippen molar-refractivity contribution >= 4 is 17.3 Å². The van der Waals surface area contributed by atoms with Gasteiger partial charge in [-0.3, -0.25) is 0 Å². The molecule has 1 aliphatic rings. The standard InChI is InChI=1S/C18H29N3O2S/c1-15-4-5-17(22-2)16(14-15)6-8-20-18(24)19-7-3-9-21-10-12-23-13-11-21/h4-5,14H,3,6-13H2,1-2H3,(H2,19,20,24)/p+1. The molecule has 1 saturated heterocycles. The van der Waals surface area contributed by atoms with Gasteiger partial charge in [0, 0.05) is 19.5 Å². The van der Waals surface area contributed by atoms with Crippen molar-refractivity contribution in [3.05, 3.63) is 29.3 Å². The van der Waals surface area contributed by atoms with Gasteiger partial charge in [-0.1, -0.05) is 17.7 Å². The van der Waals surface area contributed by atoms with Crippen molar-refractivity contribution in [3.63, 3.8) is 0 Å². The van der Waals surface area contributed by atoms with Gasteiger partial charge < -0.3 is 25.0 Å². The molecular weight excluding hydrogens is 322 g/mol. The second-order valence-electron chi connectivity index (χ2n) is 6.21. The van der Waals surface area contributed by atoms with Crippen molar-refractivity contribution in [1.29, 1.82) is 0 Å². The molecule has 0 aliphatic carbocycles. The summed E-state index contributed by atoms with van der Waals surface area (Å²) in [6, 6.07) is 6.26. The fourth-order valence-corrected chi connectivity index (χ4v) is 3.13. The van der Waals surface area contributed by atoms with Gasteiger partial charge >= 0.3 is 0 Å². The SMILES string of the molecule is COc1ccc(C)cc1CCNC(=S)NCCC[NH+]1CCOCC1. The van der Waals surface area contributed by atoms with Gasteiger partial charge in [-0.2, -0.15) is 0 Å². The van der Waals surface area contributed by atoms with Crippen molar-refractivity contribution in [3.8, 4) is 5.75 Å². The fraction of sp³-hybridized carbons (Fsp3) is 0.611. The summed E-state index contributed by atoms with van der Waals surface area (Å²) in [5.41, 5.74) is 2.46. The van der Waals surface area contributed by atoms with Gasteiger partial charge in [0.1, 0.15) is 18.8 Å². The number of rotatable bonds is 8. The monoisotopic (exact) mass is 352 g/mol. The normalized spacial score (nSPS) is 15.1. The largest absolute Gasteiger partial charge is 0.496 e. The zero-order chi connectivity index (χ0) is 17.2. The molecule has 0 radical (unpaired) electrons. The van der Waals surface area contributed by atoms with Crippen LogP contribution in [0.5, 0.6) is 5.75 Å². The first-order valence-electron chi connectivity index (χ1n) is 8.75. The molecular formula is C18H30N3O2S+. The molecule has 3 N–H and O–H groups in total. The molecule has 1 heterocycles. The van der Waals surface area contributed by atoms with Crippen molar-refractivity contribution in [2.45, 2.75) is 19.8 Å². The molecule has 1 aliphatic heterocycles. The third-order valence-electron chi connectivity index (χ3n) is 4.31. The second kappa shape index (κ2) is 10.5. The molecule has 1 fully saturated rings. The first-order chi connectivity index (χ1) is 11.7. The quantitative estimate of drug-likeness (QED) is 0.465. The highest BCUT2D eigenvalue weighted by molar-refractivity contribution is 7.80. The minimum absolute atomic E-state index is 0.735. The number of thiocarbonyl (C=S) groups is 1. The summed E-state index contributed by atoms with van der Waals surface area (Å²) in [6.07, 6.45) is 2.02. The minimum Gasteiger partial charge on any atom is -0.496 e. The van der Waals surface area contributed by atoms with E-state index in [0.717, 1.165) is 63.1 Å². The zero-order valence-electron chi connectivity index (χ0n) is 14.8. The molecule has 6 heteroatoms. The van der Waals surface area contributed by atoms with Crippen LogP contribution in [0.4, 0.5) is 0 Å². The second-order valence-corrected chi connectivity index (χ2v) is 6.62. The topological polar surface area (TPSA) is 47.0 Å². The first kappa shape index (κ1) is 19.0. The fourth-order valence-electron chi connectivity index (χ4n) is 2.93. The number of ether oxygens (including phenoxy) is 2. The number of morpholine rings is 1. The van der Waals surface area contributed by atoms with Gasteiger partial charge in [0.25, 0.3) is 0 Å². The lowest BCUT2D eigenvalue weighted by molar-refractivity contribution is -0.908. The number of aryl methyl sites for hydroxylation is 1. The van der Waals surface area contributed by atoms with E-state index >= 15 is 0 Å². The summed E-state index contributed by atoms with van der Waals surface area (Å²) < 4.78 is 10.8. The minimum atomic E-state index is 0.735. The number of hydrogen-bond donors (Lipinski definition) is 3. The average Bonchev–Trinajstić information content (AvgIpc) is 2.60. The van der Waals surface area contributed by atoms with E-state index in [2.05, 4.69) is 29.7 Å². The third-order valence-corrected chi connectivity index (χ3v) is 4.60. The lowest BCUT2D eigenvalue weighted by Gasteiger charge is -2.23. The van der Waals surface area contributed by atoms with Gasteiger partial charge in [0.05, 0.1) is 26.9 Å². The van der Waals surface area contributed by atoms with Crippen LogP contribution in [-0.2, 0) is 11.2 Å². The van der Waals surface area contributed by atoms with Crippen LogP contribution in [0.15, 0.2) is 18.2 Å². The Morgan fingerprint density at radius 3 is 2.75 bits per heavy atom. The van der Waals surface area contributed by atoms with Crippen LogP contribution in [0.3, 0.4) is 0 Å². The average molecular weight is 353 g/mol. The summed E-state index contributed by atoms with van der Waals surface area (Å²) >= 11 is 5.35. The number of hydrogen-bond acceptors (Lipinski definition) is 3. The molecule has 0 atom stereocenters. The van der Waals surface area contributed by atoms with E-state index in [0.29, 0.717) is 0 Å². The van der Waals surface area contributed by atoms with Crippen molar-refractivity contribution in [1.82, 2.24) is 10.6 Å². The van der Waals surface area contributed by atoms with Crippen LogP contribution in [0.2, 0.25) is 0 Å². The van der Waals surface area contributed by atoms with E-state index in [1.165, 1.54) is 17.7 Å². The van der Waals surface area contributed by atoms with E-state index in [9.17, 15) is 0 Å². The highest BCUT2D eigenvalue weighted by Gasteiger charge is 2.12. The number of nitrogens with one attached hydrogen (secondary N) is 3. The first-order valence-corrected chi connectivity index (χ1v) is 9.16. The number of benzene rings is 1. The molecule has 0 aromatic heterocycles. The van der Waals surface area contributed by atoms with Crippen LogP contribution >= 0.6 is 12.2 Å². The lowest BCUT2D eigenvalue weighted by atomic mass is 10.1. The van der Waals surface area contributed by atoms with E-state index in [-0.39, 0.29) is 0 Å². The summed E-state index contributed by atoms with van der Waals surface area (Å²) in [5.74, 6) is 0.940. The summed E-state index contributed by atoms with van der Waals surface area (Å²) in [4.78, 5) is 1.63. The Morgan fingerprint density at radius 1 is 1.25 bits per heavy atom. The highest BCUT2D eigenvalue weighted by atomic mass is 32.1. The smallest absolute Gasteiger partial charge is 0.166 e. The molecule has 0 amide bonds. The maximum absolute atomic E-state index is 5.41. The molecule has 134 valence electrons. The predicted molar refractivity (Wildman–Crippen MR) is 101 cm³/mol. The Morgan fingerprint density at radius 2 is 2.00 bits per heavy atom. The van der Waals surface area contributed by atoms with Crippen LogP contribution in [0.1, 0.15) is 17.5 Å². The van der Waals surface area contributed by atoms with Crippen molar-refractivity contribution in [2.24, 2.45) is 0 Å². The zero-order valence-corrected chi connectivity index (χ0v) is 15.6. The van der Waals surface area contributed by atoms with E-state index < -0.39 is 0 Å². The summed E-state index contributed by atoms with van der Waals surface area (Å²) in [6.45, 7) is 9.04. The highest BCUT2D eigenvalue weighted by Crippen LogP contribution is 2.19. The molecule has 24 heavy (non-hydrogen) atoms. The Labute approximate surface area is 150 Å². The van der Waals surface area contributed by atoms with Gasteiger partial charge in [-0.05, 0) is 37.2 Å². The molecule has 5 nitrogen and oxygen atoms in total. The lowest BCUT2D eigenvalue weighted by Crippen LogP contribution is -3.14. The van der Waals surface area contributed by atoms with Crippen molar-refractivity contribution < 1.29 is 14.4 Å². The summed E-state index contributed by atoms with van der Waals surface area (Å²) in [5, 5.41) is 7.31. The molecule has 1 aromatic rings. The Kier molecular flexibility index (Phi) is 8.28. The Bertz CT molecular complexity index is 519. The van der Waals surface area contributed by atoms with Gasteiger partial charge in [-0.15, -0.1) is 0 Å². The van der Waals surface area contributed by atoms with E-state index in [4.69, 9.17) is 21.7 Å². The number of methoxy groups -OCH3 is 1. The van der Waals surface area contributed by atoms with Crippen LogP contribution < -0.4 is 20.3 Å². The van der Waals surface area contributed by atoms with Crippen molar-refractivity contribution in [2.75, 3.05) is 53.0 Å². The van der Waals surface area contributed by atoms with E-state index in [1.54, 1.807) is 12.0 Å². The van der Waals surface area contributed by atoms with E-state index in [1.807, 2.05) is 6.07 Å². The van der Waals surface area contributed by atoms with Crippen LogP contribution in [0.25, 0.3) is 0 Å². The van der Waals surface area contributed by atoms with Crippen LogP contribution in [0, 0.1) is 6.92 Å². The molecule has 0 saturated carbocycles. The molecule has 1 aromatic carbocycles. The Hall–Kier alpha value is -1.37. The van der Waals surface area contributed by atoms with Gasteiger partial charge in [0.15, 0.2) is 5.11 Å². The molecule has 0 unspecified atom stereocenters. The van der Waals surface area contributed by atoms with Gasteiger partial charge in [0.2, 0.25) is 0 Å².